The Labute approximate surface area is 900 Å². The molecule has 8 bridgehead atoms. The number of hydrogen-bond donors (Lipinski definition) is 3. The molecular weight excluding hydrogens is 2660 g/mol. The quantitative estimate of drug-likeness (QED) is 0.0333. The average molecular weight is 2770 g/mol. The number of thiazole rings is 1. The normalized spacial score (nSPS) is 11.2. The van der Waals surface area contributed by atoms with Crippen molar-refractivity contribution in [1.29, 1.82) is 0 Å². The smallest absolute Gasteiger partial charge is 0.657 e. The Hall–Kier alpha value is -12.2. The maximum absolute atomic E-state index is 10.0. The van der Waals surface area contributed by atoms with E-state index in [0.29, 0.717) is 0 Å². The molecule has 0 saturated heterocycles. The van der Waals surface area contributed by atoms with Gasteiger partial charge in [-0.25, -0.2) is 9.97 Å². The van der Waals surface area contributed by atoms with Crippen molar-refractivity contribution in [3.8, 4) is 66.7 Å². The molecule has 7 aromatic heterocycles. The van der Waals surface area contributed by atoms with Crippen molar-refractivity contribution in [3.63, 3.8) is 0 Å². The number of fused-ring (bicyclic) bond motifs is 13. The fourth-order valence-electron chi connectivity index (χ4n) is 16.4. The number of aliphatic hydroxyl groups excluding tert-OH is 3. The molecule has 4 radical (unpaired) electrons. The summed E-state index contributed by atoms with van der Waals surface area (Å²) in [4.78, 5) is 74.5. The predicted octanol–water partition coefficient (Wildman–Crippen LogP) is 30.0. The summed E-state index contributed by atoms with van der Waals surface area (Å²) in [5.74, 6) is -0.187. The molecule has 17 aromatic rings. The second-order valence-corrected chi connectivity index (χ2v) is 33.2. The van der Waals surface area contributed by atoms with Gasteiger partial charge in [-0.2, -0.15) is 11.3 Å². The standard InChI is InChI=1S/C36H44N4.C20H13N2.C19H12N.C17H12N.C13H8NS.3C5H8O2.4Ir.Pt/c1-9-21-22(10-2)30-18-32-25(13-5)26(14-6)34(39-32)20-36-28(16-8)27(15-7)35(40-36)19-33-24(12-4)23(11-3)31(38-33)17-29(21)37-30;1-3-9-15(10-4-1)19-20(16-11-5-2-6-12-16)22-18-14-8-7-13-17(18)21-19;1-2-8-14(9-3-1)19-17-12-5-4-10-15(17)16-11-6-7-13-18(16)20-19;1-2-7-14(8-3-1)15-9-6-10-16(13-15)17-11-4-5-12-18-17;1-2-6-10(7-3-1)13-14-11-8-4-5-9-12(11)15-13;3*1-4(6)3-5(2)7;;;;;/h17-20H,9-16H2,1-8H3;1-11,13-14H;1-8,10-13H;1-9,11-13H;1-6,8-9H;3*3,6H,1-2H3;;;;;/q-2;4*-1;;;;;;;;+2. The van der Waals surface area contributed by atoms with Gasteiger partial charge in [-0.3, -0.25) is 34.3 Å². The van der Waals surface area contributed by atoms with Crippen molar-refractivity contribution in [1.82, 2.24) is 44.9 Å². The molecule has 141 heavy (non-hydrogen) atoms. The number of ketones is 3. The van der Waals surface area contributed by atoms with E-state index >= 15 is 0 Å². The van der Waals surface area contributed by atoms with Crippen LogP contribution in [-0.4, -0.2) is 67.6 Å². The molecule has 0 amide bonds. The maximum Gasteiger partial charge on any atom is 2.00 e. The molecule has 10 aromatic carbocycles. The Kier molecular flexibility index (Phi) is 47.8. The van der Waals surface area contributed by atoms with E-state index in [0.717, 1.165) is 174 Å². The molecule has 0 aliphatic carbocycles. The number of aromatic nitrogens is 9. The van der Waals surface area contributed by atoms with Crippen LogP contribution in [0.3, 0.4) is 0 Å². The van der Waals surface area contributed by atoms with Crippen LogP contribution in [0.25, 0.3) is 154 Å². The van der Waals surface area contributed by atoms with Gasteiger partial charge in [-0.15, -0.1) is 165 Å². The van der Waals surface area contributed by atoms with Gasteiger partial charge in [0.25, 0.3) is 0 Å². The number of hydrogen-bond acceptors (Lipinski definition) is 14. The number of carbonyl (C=O) groups excluding carboxylic acids is 3. The van der Waals surface area contributed by atoms with E-state index in [-0.39, 0.29) is 136 Å². The van der Waals surface area contributed by atoms with Crippen molar-refractivity contribution in [2.45, 2.75) is 148 Å². The number of para-hydroxylation sites is 4. The molecular formula is C120H113Ir4N9O6PtS-4. The van der Waals surface area contributed by atoms with Crippen molar-refractivity contribution >= 4 is 116 Å². The molecule has 2 aliphatic heterocycles. The predicted molar refractivity (Wildman–Crippen MR) is 563 cm³/mol. The van der Waals surface area contributed by atoms with Crippen LogP contribution >= 0.6 is 11.3 Å². The van der Waals surface area contributed by atoms with Crippen LogP contribution in [-0.2, 0) is 142 Å². The van der Waals surface area contributed by atoms with Crippen LogP contribution in [0.1, 0.15) is 168 Å². The summed E-state index contributed by atoms with van der Waals surface area (Å²) in [6.07, 6.45) is 12.9. The monoisotopic (exact) mass is 2770 g/mol. The van der Waals surface area contributed by atoms with Crippen molar-refractivity contribution in [2.75, 3.05) is 0 Å². The van der Waals surface area contributed by atoms with Gasteiger partial charge >= 0.3 is 21.1 Å². The molecule has 0 unspecified atom stereocenters. The summed E-state index contributed by atoms with van der Waals surface area (Å²) in [5.41, 5.74) is 34.3. The maximum atomic E-state index is 10.0. The van der Waals surface area contributed by atoms with Crippen molar-refractivity contribution in [2.24, 2.45) is 0 Å². The molecule has 19 rings (SSSR count). The number of carbonyl (C=O) groups is 3. The average Bonchev–Trinajstić information content (AvgIpc) is 1.72. The zero-order valence-electron chi connectivity index (χ0n) is 81.3. The fraction of sp³-hybridized carbons (Fsp3) is 0.183. The summed E-state index contributed by atoms with van der Waals surface area (Å²) in [6.45, 7) is 26.5. The topological polar surface area (TPSA) is 230 Å². The second kappa shape index (κ2) is 58.2. The van der Waals surface area contributed by atoms with Gasteiger partial charge in [-0.05, 0) is 185 Å². The van der Waals surface area contributed by atoms with E-state index in [9.17, 15) is 14.4 Å². The number of nitrogens with zero attached hydrogens (tertiary/aromatic N) is 9. The van der Waals surface area contributed by atoms with E-state index < -0.39 is 0 Å². The molecule has 15 nitrogen and oxygen atoms in total. The van der Waals surface area contributed by atoms with E-state index in [4.69, 9.17) is 50.2 Å². The van der Waals surface area contributed by atoms with Gasteiger partial charge in [0, 0.05) is 126 Å². The van der Waals surface area contributed by atoms with Crippen LogP contribution in [0.4, 0.5) is 0 Å². The largest absolute Gasteiger partial charge is 2.00 e. The summed E-state index contributed by atoms with van der Waals surface area (Å²) >= 11 is 1.71. The van der Waals surface area contributed by atoms with Gasteiger partial charge in [0.2, 0.25) is 0 Å². The Bertz CT molecular complexity index is 6900. The zero-order chi connectivity index (χ0) is 96.6. The molecule has 9 heterocycles. The zero-order valence-corrected chi connectivity index (χ0v) is 94.0. The Morgan fingerprint density at radius 2 is 0.660 bits per heavy atom. The van der Waals surface area contributed by atoms with Gasteiger partial charge < -0.3 is 30.3 Å². The van der Waals surface area contributed by atoms with Crippen LogP contribution in [0.2, 0.25) is 0 Å². The van der Waals surface area contributed by atoms with E-state index in [1.807, 2.05) is 176 Å². The van der Waals surface area contributed by atoms with Crippen LogP contribution in [0, 0.1) is 24.3 Å². The molecule has 730 valence electrons. The number of rotatable bonds is 17. The second-order valence-electron chi connectivity index (χ2n) is 32.1. The van der Waals surface area contributed by atoms with E-state index in [2.05, 4.69) is 205 Å². The molecule has 2 aliphatic rings. The first kappa shape index (κ1) is 116. The molecule has 0 atom stereocenters. The van der Waals surface area contributed by atoms with Gasteiger partial charge in [-0.1, -0.05) is 241 Å². The van der Waals surface area contributed by atoms with Gasteiger partial charge in [0.1, 0.15) is 0 Å². The molecule has 3 N–H and O–H groups in total. The molecule has 0 spiro atoms. The minimum atomic E-state index is -0.125. The van der Waals surface area contributed by atoms with Crippen LogP contribution in [0.15, 0.2) is 333 Å². The first-order valence-electron chi connectivity index (χ1n) is 46.2. The third-order valence-electron chi connectivity index (χ3n) is 22.3. The minimum absolute atomic E-state index is 0. The van der Waals surface area contributed by atoms with Crippen LogP contribution in [0.5, 0.6) is 0 Å². The van der Waals surface area contributed by atoms with Crippen LogP contribution < -0.4 is 9.97 Å². The number of allylic oxidation sites excluding steroid dienone is 10. The SMILES string of the molecule is CC(=O)C=C(C)O.CC(=O)C=C(C)O.CC(=O)C=C(C)O.CCC1=C(CC)c2cc3[n-]c(cc4nc(cc5[n-]c(cc1n2)c(CC)c5CC)C(CC)=C4CC)c(CC)c3CC.[Ir].[Ir].[Ir].[Ir].[Pt+2].[c-]1ccc(-c2ccccc2)cc1-c1ccccn1.[c-]1ccccc1-c1nc2ccccc2c2ccccc12.[c-]1ccccc1-c1nc2ccccc2nc1-c1ccccc1.[c-]1ccccc1-c1nc2ccccc2s1. The third kappa shape index (κ3) is 31.4. The molecule has 0 saturated carbocycles. The Morgan fingerprint density at radius 3 is 1.05 bits per heavy atom. The summed E-state index contributed by atoms with van der Waals surface area (Å²) in [5, 5.41) is 29.7. The molecule has 21 heteroatoms. The number of aryl methyl sites for hydroxylation is 4. The summed E-state index contributed by atoms with van der Waals surface area (Å²) < 4.78 is 1.23. The molecule has 0 fully saturated rings. The first-order chi connectivity index (χ1) is 66.0. The number of pyridine rings is 2. The van der Waals surface area contributed by atoms with Crippen molar-refractivity contribution in [3.05, 3.63) is 402 Å². The van der Waals surface area contributed by atoms with Gasteiger partial charge in [0.15, 0.2) is 17.3 Å². The summed E-state index contributed by atoms with van der Waals surface area (Å²) in [7, 11) is 0. The third-order valence-corrected chi connectivity index (χ3v) is 23.4. The van der Waals surface area contributed by atoms with Crippen molar-refractivity contribution < 1.29 is 131 Å². The van der Waals surface area contributed by atoms with E-state index in [1.54, 1.807) is 17.5 Å². The first-order valence-corrected chi connectivity index (χ1v) is 47.0. The summed E-state index contributed by atoms with van der Waals surface area (Å²) in [6, 6.07) is 111. The Morgan fingerprint density at radius 1 is 0.305 bits per heavy atom. The Balaban J connectivity index is 0.000000233. The fourth-order valence-corrected chi connectivity index (χ4v) is 17.4. The number of benzene rings is 10. The van der Waals surface area contributed by atoms with Gasteiger partial charge in [0.05, 0.1) is 67.8 Å². The van der Waals surface area contributed by atoms with E-state index in [1.165, 1.54) is 136 Å². The minimum Gasteiger partial charge on any atom is -0.657 e. The number of aliphatic hydroxyl groups is 3.